The van der Waals surface area contributed by atoms with Gasteiger partial charge in [0.2, 0.25) is 0 Å². The van der Waals surface area contributed by atoms with Crippen LogP contribution >= 0.6 is 0 Å². The Morgan fingerprint density at radius 3 is 2.68 bits per heavy atom. The zero-order valence-electron chi connectivity index (χ0n) is 12.6. The quantitative estimate of drug-likeness (QED) is 0.906. The molecular weight excluding hydrogens is 236 g/mol. The van der Waals surface area contributed by atoms with Gasteiger partial charge in [-0.3, -0.25) is 4.90 Å². The molecule has 106 valence electrons. The van der Waals surface area contributed by atoms with Crippen molar-refractivity contribution in [1.82, 2.24) is 4.90 Å². The van der Waals surface area contributed by atoms with Crippen LogP contribution in [0.3, 0.4) is 0 Å². The van der Waals surface area contributed by atoms with Crippen LogP contribution < -0.4 is 10.5 Å². The zero-order chi connectivity index (χ0) is 14.0. The van der Waals surface area contributed by atoms with Gasteiger partial charge in [0.05, 0.1) is 7.11 Å². The minimum Gasteiger partial charge on any atom is -0.496 e. The minimum atomic E-state index is 0.200. The fraction of sp³-hybridized carbons (Fsp3) is 0.625. The summed E-state index contributed by atoms with van der Waals surface area (Å²) in [5, 5.41) is 0. The van der Waals surface area contributed by atoms with Crippen molar-refractivity contribution < 1.29 is 4.74 Å². The predicted octanol–water partition coefficient (Wildman–Crippen LogP) is 2.57. The van der Waals surface area contributed by atoms with E-state index in [2.05, 4.69) is 43.9 Å². The largest absolute Gasteiger partial charge is 0.496 e. The first-order chi connectivity index (χ1) is 8.96. The first-order valence-electron chi connectivity index (χ1n) is 7.12. The molecule has 2 N–H and O–H groups in total. The lowest BCUT2D eigenvalue weighted by molar-refractivity contribution is 0.166. The number of likely N-dealkylation sites (tertiary alicyclic amines) is 1. The predicted molar refractivity (Wildman–Crippen MR) is 79.5 cm³/mol. The second-order valence-corrected chi connectivity index (χ2v) is 6.16. The maximum absolute atomic E-state index is 6.09. The third-order valence-electron chi connectivity index (χ3n) is 4.17. The highest BCUT2D eigenvalue weighted by Crippen LogP contribution is 2.30. The highest BCUT2D eigenvalue weighted by molar-refractivity contribution is 5.37. The van der Waals surface area contributed by atoms with Gasteiger partial charge in [-0.2, -0.15) is 0 Å². The van der Waals surface area contributed by atoms with Crippen molar-refractivity contribution in [3.05, 3.63) is 29.3 Å². The normalized spacial score (nSPS) is 22.7. The van der Waals surface area contributed by atoms with Crippen molar-refractivity contribution in [1.29, 1.82) is 0 Å². The summed E-state index contributed by atoms with van der Waals surface area (Å²) < 4.78 is 5.39. The summed E-state index contributed by atoms with van der Waals surface area (Å²) in [4.78, 5) is 2.49. The van der Waals surface area contributed by atoms with E-state index in [0.29, 0.717) is 6.04 Å². The molecule has 3 nitrogen and oxygen atoms in total. The van der Waals surface area contributed by atoms with Crippen LogP contribution in [0, 0.1) is 0 Å². The van der Waals surface area contributed by atoms with Gasteiger partial charge in [0.25, 0.3) is 0 Å². The second-order valence-electron chi connectivity index (χ2n) is 6.16. The molecule has 1 fully saturated rings. The molecule has 1 aromatic rings. The van der Waals surface area contributed by atoms with Gasteiger partial charge < -0.3 is 10.5 Å². The van der Waals surface area contributed by atoms with E-state index in [1.165, 1.54) is 11.1 Å². The number of rotatable bonds is 4. The van der Waals surface area contributed by atoms with Crippen LogP contribution in [0.2, 0.25) is 0 Å². The zero-order valence-corrected chi connectivity index (χ0v) is 12.6. The van der Waals surface area contributed by atoms with Crippen LogP contribution in [-0.2, 0) is 13.0 Å². The van der Waals surface area contributed by atoms with Crippen molar-refractivity contribution >= 4 is 0 Å². The lowest BCUT2D eigenvalue weighted by Gasteiger charge is -2.31. The van der Waals surface area contributed by atoms with Crippen molar-refractivity contribution in [2.24, 2.45) is 5.73 Å². The first kappa shape index (κ1) is 14.4. The molecule has 1 atom stereocenters. The third-order valence-corrected chi connectivity index (χ3v) is 4.17. The molecular formula is C16H26N2O. The van der Waals surface area contributed by atoms with E-state index in [1.807, 2.05) is 0 Å². The molecule has 1 saturated heterocycles. The Morgan fingerprint density at radius 2 is 2.16 bits per heavy atom. The number of aryl methyl sites for hydroxylation is 1. The number of hydrogen-bond acceptors (Lipinski definition) is 3. The van der Waals surface area contributed by atoms with Gasteiger partial charge in [-0.15, -0.1) is 0 Å². The summed E-state index contributed by atoms with van der Waals surface area (Å²) in [6.45, 7) is 8.68. The molecule has 1 aromatic carbocycles. The molecule has 1 aliphatic heterocycles. The topological polar surface area (TPSA) is 38.5 Å². The molecule has 0 aliphatic carbocycles. The molecule has 1 heterocycles. The highest BCUT2D eigenvalue weighted by Gasteiger charge is 2.36. The van der Waals surface area contributed by atoms with Gasteiger partial charge in [-0.25, -0.2) is 0 Å². The number of methoxy groups -OCH3 is 1. The lowest BCUT2D eigenvalue weighted by Crippen LogP contribution is -2.37. The molecule has 1 aliphatic rings. The summed E-state index contributed by atoms with van der Waals surface area (Å²) in [7, 11) is 1.73. The third kappa shape index (κ3) is 3.10. The summed E-state index contributed by atoms with van der Waals surface area (Å²) >= 11 is 0. The molecule has 1 unspecified atom stereocenters. The van der Waals surface area contributed by atoms with Gasteiger partial charge in [-0.05, 0) is 43.9 Å². The van der Waals surface area contributed by atoms with Crippen LogP contribution in [0.5, 0.6) is 5.75 Å². The monoisotopic (exact) mass is 262 g/mol. The SMILES string of the molecule is CCc1cc(CN2CC(N)CC2(C)C)ccc1OC. The van der Waals surface area contributed by atoms with E-state index in [0.717, 1.165) is 31.7 Å². The smallest absolute Gasteiger partial charge is 0.122 e. The minimum absolute atomic E-state index is 0.200. The van der Waals surface area contributed by atoms with Gasteiger partial charge in [0.15, 0.2) is 0 Å². The summed E-state index contributed by atoms with van der Waals surface area (Å²) in [5.41, 5.74) is 8.92. The Morgan fingerprint density at radius 1 is 1.42 bits per heavy atom. The first-order valence-corrected chi connectivity index (χ1v) is 7.12. The summed E-state index contributed by atoms with van der Waals surface area (Å²) in [5.74, 6) is 0.989. The fourth-order valence-corrected chi connectivity index (χ4v) is 3.07. The molecule has 0 amide bonds. The van der Waals surface area contributed by atoms with E-state index in [1.54, 1.807) is 7.11 Å². The lowest BCUT2D eigenvalue weighted by atomic mass is 9.99. The van der Waals surface area contributed by atoms with Gasteiger partial charge in [0.1, 0.15) is 5.75 Å². The van der Waals surface area contributed by atoms with E-state index in [-0.39, 0.29) is 5.54 Å². The van der Waals surface area contributed by atoms with Gasteiger partial charge >= 0.3 is 0 Å². The Labute approximate surface area is 116 Å². The Kier molecular flexibility index (Phi) is 4.16. The van der Waals surface area contributed by atoms with E-state index in [9.17, 15) is 0 Å². The van der Waals surface area contributed by atoms with Crippen molar-refractivity contribution in [2.75, 3.05) is 13.7 Å². The van der Waals surface area contributed by atoms with E-state index >= 15 is 0 Å². The maximum atomic E-state index is 6.09. The summed E-state index contributed by atoms with van der Waals surface area (Å²) in [6.07, 6.45) is 2.07. The average Bonchev–Trinajstić information content (AvgIpc) is 2.62. The molecule has 0 bridgehead atoms. The second kappa shape index (κ2) is 5.51. The number of nitrogens with zero attached hydrogens (tertiary/aromatic N) is 1. The van der Waals surface area contributed by atoms with Crippen molar-refractivity contribution in [2.45, 2.75) is 51.7 Å². The molecule has 2 rings (SSSR count). The molecule has 0 aromatic heterocycles. The molecule has 0 spiro atoms. The maximum Gasteiger partial charge on any atom is 0.122 e. The van der Waals surface area contributed by atoms with Crippen LogP contribution in [0.1, 0.15) is 38.3 Å². The van der Waals surface area contributed by atoms with E-state index in [4.69, 9.17) is 10.5 Å². The van der Waals surface area contributed by atoms with Crippen LogP contribution in [0.25, 0.3) is 0 Å². The van der Waals surface area contributed by atoms with Crippen LogP contribution in [0.4, 0.5) is 0 Å². The van der Waals surface area contributed by atoms with Crippen LogP contribution in [0.15, 0.2) is 18.2 Å². The van der Waals surface area contributed by atoms with Crippen molar-refractivity contribution in [3.8, 4) is 5.75 Å². The Bertz CT molecular complexity index is 442. The fourth-order valence-electron chi connectivity index (χ4n) is 3.07. The van der Waals surface area contributed by atoms with Gasteiger partial charge in [-0.1, -0.05) is 19.1 Å². The van der Waals surface area contributed by atoms with Crippen LogP contribution in [-0.4, -0.2) is 30.1 Å². The molecule has 3 heteroatoms. The molecule has 19 heavy (non-hydrogen) atoms. The highest BCUT2D eigenvalue weighted by atomic mass is 16.5. The van der Waals surface area contributed by atoms with Crippen molar-refractivity contribution in [3.63, 3.8) is 0 Å². The number of ether oxygens (including phenoxy) is 1. The summed E-state index contributed by atoms with van der Waals surface area (Å²) in [6, 6.07) is 6.81. The Balaban J connectivity index is 2.15. The number of nitrogens with two attached hydrogens (primary N) is 1. The average molecular weight is 262 g/mol. The molecule has 0 saturated carbocycles. The number of benzene rings is 1. The van der Waals surface area contributed by atoms with Gasteiger partial charge in [0, 0.05) is 24.7 Å². The van der Waals surface area contributed by atoms with E-state index < -0.39 is 0 Å². The Hall–Kier alpha value is -1.06. The standard InChI is InChI=1S/C16H26N2O/c1-5-13-8-12(6-7-15(13)19-4)10-18-11-14(17)9-16(18,2)3/h6-8,14H,5,9-11,17H2,1-4H3. The molecule has 0 radical (unpaired) electrons. The number of hydrogen-bond donors (Lipinski definition) is 1.